The highest BCUT2D eigenvalue weighted by Gasteiger charge is 2.22. The van der Waals surface area contributed by atoms with E-state index in [2.05, 4.69) is 24.3 Å². The van der Waals surface area contributed by atoms with E-state index in [-0.39, 0.29) is 0 Å². The second-order valence-corrected chi connectivity index (χ2v) is 4.01. The van der Waals surface area contributed by atoms with E-state index in [0.29, 0.717) is 18.4 Å². The number of ether oxygens (including phenoxy) is 1. The molecule has 1 unspecified atom stereocenters. The Labute approximate surface area is 90.8 Å². The molecule has 0 amide bonds. The third-order valence-electron chi connectivity index (χ3n) is 3.02. The van der Waals surface area contributed by atoms with Gasteiger partial charge < -0.3 is 4.74 Å². The molecule has 2 nitrogen and oxygen atoms in total. The van der Waals surface area contributed by atoms with Crippen LogP contribution in [-0.4, -0.2) is 12.5 Å². The van der Waals surface area contributed by atoms with Crippen LogP contribution >= 0.6 is 0 Å². The summed E-state index contributed by atoms with van der Waals surface area (Å²) in [5.74, 6) is 0.756. The third-order valence-corrected chi connectivity index (χ3v) is 3.02. The molecule has 1 aromatic rings. The Morgan fingerprint density at radius 2 is 2.13 bits per heavy atom. The van der Waals surface area contributed by atoms with Gasteiger partial charge in [0.15, 0.2) is 5.90 Å². The van der Waals surface area contributed by atoms with E-state index < -0.39 is 0 Å². The van der Waals surface area contributed by atoms with Crippen LogP contribution in [0.25, 0.3) is 0 Å². The smallest absolute Gasteiger partial charge is 0.183 e. The molecule has 1 aliphatic carbocycles. The van der Waals surface area contributed by atoms with Crippen LogP contribution in [0, 0.1) is 11.3 Å². The fraction of sp³-hybridized carbons (Fsp3) is 0.462. The Morgan fingerprint density at radius 1 is 1.40 bits per heavy atom. The van der Waals surface area contributed by atoms with Crippen molar-refractivity contribution in [2.24, 2.45) is 5.92 Å². The van der Waals surface area contributed by atoms with Crippen molar-refractivity contribution < 1.29 is 4.74 Å². The van der Waals surface area contributed by atoms with Crippen molar-refractivity contribution in [1.82, 2.24) is 0 Å². The molecule has 0 heterocycles. The van der Waals surface area contributed by atoms with Gasteiger partial charge in [0.25, 0.3) is 0 Å². The molecule has 2 rings (SSSR count). The monoisotopic (exact) mass is 203 g/mol. The lowest BCUT2D eigenvalue weighted by Gasteiger charge is -2.24. The Bertz CT molecular complexity index is 359. The summed E-state index contributed by atoms with van der Waals surface area (Å²) in [5, 5.41) is 7.80. The fourth-order valence-electron chi connectivity index (χ4n) is 2.19. The number of nitrogens with one attached hydrogen (secondary N) is 1. The quantitative estimate of drug-likeness (QED) is 0.582. The van der Waals surface area contributed by atoms with Gasteiger partial charge in [0.05, 0.1) is 6.61 Å². The number of hydrogen-bond acceptors (Lipinski definition) is 2. The van der Waals surface area contributed by atoms with Crippen molar-refractivity contribution in [3.05, 3.63) is 35.4 Å². The highest BCUT2D eigenvalue weighted by Crippen LogP contribution is 2.26. The molecule has 1 aromatic carbocycles. The van der Waals surface area contributed by atoms with Crippen molar-refractivity contribution >= 4 is 5.90 Å². The van der Waals surface area contributed by atoms with Gasteiger partial charge in [-0.2, -0.15) is 0 Å². The van der Waals surface area contributed by atoms with Gasteiger partial charge in [-0.15, -0.1) is 0 Å². The summed E-state index contributed by atoms with van der Waals surface area (Å²) < 4.78 is 5.28. The number of rotatable bonds is 2. The largest absolute Gasteiger partial charge is 0.481 e. The minimum Gasteiger partial charge on any atom is -0.481 e. The molecule has 0 saturated heterocycles. The molecule has 0 aromatic heterocycles. The van der Waals surface area contributed by atoms with Crippen LogP contribution < -0.4 is 0 Å². The molecule has 1 atom stereocenters. The zero-order valence-corrected chi connectivity index (χ0v) is 9.12. The van der Waals surface area contributed by atoms with Crippen molar-refractivity contribution in [3.63, 3.8) is 0 Å². The first-order valence-corrected chi connectivity index (χ1v) is 5.59. The Balaban J connectivity index is 2.08. The summed E-state index contributed by atoms with van der Waals surface area (Å²) in [6.07, 6.45) is 3.10. The predicted octanol–water partition coefficient (Wildman–Crippen LogP) is 2.81. The van der Waals surface area contributed by atoms with Gasteiger partial charge in [-0.05, 0) is 37.3 Å². The topological polar surface area (TPSA) is 33.1 Å². The van der Waals surface area contributed by atoms with Crippen LogP contribution in [0.4, 0.5) is 0 Å². The van der Waals surface area contributed by atoms with Crippen LogP contribution in [0.1, 0.15) is 24.5 Å². The van der Waals surface area contributed by atoms with E-state index in [0.717, 1.165) is 19.3 Å². The first-order valence-electron chi connectivity index (χ1n) is 5.59. The predicted molar refractivity (Wildman–Crippen MR) is 61.3 cm³/mol. The normalized spacial score (nSPS) is 19.4. The van der Waals surface area contributed by atoms with Crippen LogP contribution in [0.5, 0.6) is 0 Å². The van der Waals surface area contributed by atoms with E-state index >= 15 is 0 Å². The Morgan fingerprint density at radius 3 is 2.87 bits per heavy atom. The minimum atomic E-state index is 0.292. The maximum absolute atomic E-state index is 7.80. The molecule has 15 heavy (non-hydrogen) atoms. The lowest BCUT2D eigenvalue weighted by atomic mass is 9.84. The number of aryl methyl sites for hydroxylation is 1. The highest BCUT2D eigenvalue weighted by molar-refractivity contribution is 5.76. The molecule has 1 N–H and O–H groups in total. The first-order chi connectivity index (χ1) is 7.31. The second-order valence-electron chi connectivity index (χ2n) is 4.01. The maximum atomic E-state index is 7.80. The van der Waals surface area contributed by atoms with Gasteiger partial charge in [0.2, 0.25) is 0 Å². The number of hydrogen-bond donors (Lipinski definition) is 1. The minimum absolute atomic E-state index is 0.292. The standard InChI is InChI=1S/C13H17NO/c1-2-15-13(14)12-8-7-10-5-3-4-6-11(10)9-12/h3-6,12,14H,2,7-9H2,1H3. The Hall–Kier alpha value is -1.31. The molecule has 0 aliphatic heterocycles. The van der Waals surface area contributed by atoms with Gasteiger partial charge in [-0.3, -0.25) is 5.41 Å². The van der Waals surface area contributed by atoms with Crippen LogP contribution in [0.15, 0.2) is 24.3 Å². The zero-order valence-electron chi connectivity index (χ0n) is 9.12. The van der Waals surface area contributed by atoms with Crippen LogP contribution in [-0.2, 0) is 17.6 Å². The maximum Gasteiger partial charge on any atom is 0.183 e. The summed E-state index contributed by atoms with van der Waals surface area (Å²) >= 11 is 0. The van der Waals surface area contributed by atoms with Crippen LogP contribution in [0.2, 0.25) is 0 Å². The highest BCUT2D eigenvalue weighted by atomic mass is 16.5. The summed E-state index contributed by atoms with van der Waals surface area (Å²) in [7, 11) is 0. The molecule has 0 radical (unpaired) electrons. The molecule has 2 heteroatoms. The van der Waals surface area contributed by atoms with Gasteiger partial charge in [0, 0.05) is 5.92 Å². The zero-order chi connectivity index (χ0) is 10.7. The summed E-state index contributed by atoms with van der Waals surface area (Å²) in [6.45, 7) is 2.54. The lowest BCUT2D eigenvalue weighted by molar-refractivity contribution is 0.289. The van der Waals surface area contributed by atoms with E-state index in [1.54, 1.807) is 0 Å². The molecule has 1 aliphatic rings. The van der Waals surface area contributed by atoms with E-state index in [1.165, 1.54) is 11.1 Å². The van der Waals surface area contributed by atoms with Crippen molar-refractivity contribution in [2.45, 2.75) is 26.2 Å². The van der Waals surface area contributed by atoms with Gasteiger partial charge in [0.1, 0.15) is 0 Å². The number of benzene rings is 1. The fourth-order valence-corrected chi connectivity index (χ4v) is 2.19. The number of fused-ring (bicyclic) bond motifs is 1. The molecule has 0 spiro atoms. The molecule has 0 saturated carbocycles. The van der Waals surface area contributed by atoms with E-state index in [9.17, 15) is 0 Å². The Kier molecular flexibility index (Phi) is 3.05. The van der Waals surface area contributed by atoms with Crippen molar-refractivity contribution in [2.75, 3.05) is 6.61 Å². The van der Waals surface area contributed by atoms with E-state index in [1.807, 2.05) is 6.92 Å². The SMILES string of the molecule is CCOC(=N)C1CCc2ccccc2C1. The van der Waals surface area contributed by atoms with Gasteiger partial charge >= 0.3 is 0 Å². The van der Waals surface area contributed by atoms with Gasteiger partial charge in [-0.1, -0.05) is 24.3 Å². The molecular weight excluding hydrogens is 186 g/mol. The van der Waals surface area contributed by atoms with Crippen molar-refractivity contribution in [1.29, 1.82) is 5.41 Å². The lowest BCUT2D eigenvalue weighted by Crippen LogP contribution is -2.24. The average molecular weight is 203 g/mol. The van der Waals surface area contributed by atoms with E-state index in [4.69, 9.17) is 10.1 Å². The summed E-state index contributed by atoms with van der Waals surface area (Å²) in [4.78, 5) is 0. The summed E-state index contributed by atoms with van der Waals surface area (Å²) in [6, 6.07) is 8.52. The molecule has 0 bridgehead atoms. The van der Waals surface area contributed by atoms with Gasteiger partial charge in [-0.25, -0.2) is 0 Å². The van der Waals surface area contributed by atoms with Crippen molar-refractivity contribution in [3.8, 4) is 0 Å². The first kappa shape index (κ1) is 10.2. The molecular formula is C13H17NO. The molecule has 0 fully saturated rings. The van der Waals surface area contributed by atoms with Crippen LogP contribution in [0.3, 0.4) is 0 Å². The molecule has 80 valence electrons. The average Bonchev–Trinajstić information content (AvgIpc) is 2.29. The summed E-state index contributed by atoms with van der Waals surface area (Å²) in [5.41, 5.74) is 2.83. The third kappa shape index (κ3) is 2.20. The second kappa shape index (κ2) is 4.47.